The number of carbonyl (C=O) groups is 1. The van der Waals surface area contributed by atoms with E-state index < -0.39 is 15.8 Å². The van der Waals surface area contributed by atoms with Gasteiger partial charge in [-0.15, -0.1) is 0 Å². The highest BCUT2D eigenvalue weighted by atomic mass is 32.2. The van der Waals surface area contributed by atoms with E-state index in [0.29, 0.717) is 6.29 Å². The molecule has 1 heterocycles. The molecule has 0 bridgehead atoms. The van der Waals surface area contributed by atoms with Crippen LogP contribution in [-0.4, -0.2) is 24.5 Å². The van der Waals surface area contributed by atoms with Crippen molar-refractivity contribution in [3.05, 3.63) is 35.6 Å². The third kappa shape index (κ3) is 2.40. The summed E-state index contributed by atoms with van der Waals surface area (Å²) >= 11 is 0. The van der Waals surface area contributed by atoms with E-state index >= 15 is 0 Å². The molecule has 8 heteroatoms. The molecule has 0 saturated heterocycles. The van der Waals surface area contributed by atoms with Gasteiger partial charge in [0.05, 0.1) is 11.3 Å². The van der Waals surface area contributed by atoms with Crippen LogP contribution in [0.1, 0.15) is 10.4 Å². The normalized spacial score (nSPS) is 11.5. The van der Waals surface area contributed by atoms with Crippen LogP contribution in [0.5, 0.6) is 0 Å². The van der Waals surface area contributed by atoms with Crippen LogP contribution in [0.2, 0.25) is 0 Å². The number of aromatic nitrogens is 2. The molecule has 0 unspecified atom stereocenters. The summed E-state index contributed by atoms with van der Waals surface area (Å²) in [6, 6.07) is 5.21. The lowest BCUT2D eigenvalue weighted by atomic mass is 10.1. The molecular weight excluding hydrogens is 273 g/mol. The van der Waals surface area contributed by atoms with E-state index in [0.717, 1.165) is 10.7 Å². The van der Waals surface area contributed by atoms with Crippen molar-refractivity contribution >= 4 is 16.3 Å². The predicted molar refractivity (Wildman–Crippen MR) is 65.4 cm³/mol. The third-order valence-electron chi connectivity index (χ3n) is 2.58. The van der Waals surface area contributed by atoms with Crippen LogP contribution in [0.25, 0.3) is 11.3 Å². The Bertz CT molecular complexity index is 753. The van der Waals surface area contributed by atoms with Crippen molar-refractivity contribution in [2.45, 2.75) is 5.03 Å². The number of aryl methyl sites for hydroxylation is 1. The Morgan fingerprint density at radius 3 is 2.63 bits per heavy atom. The number of hydrogen-bond donors (Lipinski definition) is 1. The van der Waals surface area contributed by atoms with Crippen molar-refractivity contribution in [2.75, 3.05) is 0 Å². The minimum atomic E-state index is -3.93. The lowest BCUT2D eigenvalue weighted by molar-refractivity contribution is 0.112. The van der Waals surface area contributed by atoms with Crippen molar-refractivity contribution in [1.82, 2.24) is 9.78 Å². The molecule has 100 valence electrons. The van der Waals surface area contributed by atoms with E-state index in [1.165, 1.54) is 25.2 Å². The van der Waals surface area contributed by atoms with Gasteiger partial charge in [0.15, 0.2) is 11.3 Å². The van der Waals surface area contributed by atoms with Gasteiger partial charge < -0.3 is 0 Å². The smallest absolute Gasteiger partial charge is 0.255 e. The van der Waals surface area contributed by atoms with Crippen molar-refractivity contribution in [3.8, 4) is 11.3 Å². The van der Waals surface area contributed by atoms with Crippen LogP contribution in [0.15, 0.2) is 29.3 Å². The van der Waals surface area contributed by atoms with Gasteiger partial charge in [-0.25, -0.2) is 17.9 Å². The number of hydrogen-bond acceptors (Lipinski definition) is 4. The molecule has 19 heavy (non-hydrogen) atoms. The van der Waals surface area contributed by atoms with E-state index in [9.17, 15) is 17.6 Å². The molecule has 2 N–H and O–H groups in total. The number of benzene rings is 1. The maximum absolute atomic E-state index is 13.5. The van der Waals surface area contributed by atoms with Crippen LogP contribution < -0.4 is 5.14 Å². The topological polar surface area (TPSA) is 95.0 Å². The van der Waals surface area contributed by atoms with Gasteiger partial charge in [0, 0.05) is 18.7 Å². The Morgan fingerprint density at radius 1 is 1.42 bits per heavy atom. The van der Waals surface area contributed by atoms with Gasteiger partial charge >= 0.3 is 0 Å². The average Bonchev–Trinajstić information content (AvgIpc) is 2.70. The van der Waals surface area contributed by atoms with Crippen LogP contribution in [0.4, 0.5) is 4.39 Å². The summed E-state index contributed by atoms with van der Waals surface area (Å²) in [5.74, 6) is -0.699. The van der Waals surface area contributed by atoms with Gasteiger partial charge in [0.25, 0.3) is 10.0 Å². The Hall–Kier alpha value is -2.06. The molecule has 0 fully saturated rings. The molecule has 6 nitrogen and oxygen atoms in total. The van der Waals surface area contributed by atoms with E-state index in [1.807, 2.05) is 0 Å². The molecule has 0 amide bonds. The Morgan fingerprint density at radius 2 is 2.11 bits per heavy atom. The van der Waals surface area contributed by atoms with Gasteiger partial charge in [0.2, 0.25) is 0 Å². The first-order chi connectivity index (χ1) is 8.84. The zero-order valence-corrected chi connectivity index (χ0v) is 10.7. The maximum Gasteiger partial charge on any atom is 0.255 e. The number of nitrogens with zero attached hydrogens (tertiary/aromatic N) is 2. The number of sulfonamides is 1. The highest BCUT2D eigenvalue weighted by molar-refractivity contribution is 7.89. The quantitative estimate of drug-likeness (QED) is 0.838. The van der Waals surface area contributed by atoms with Gasteiger partial charge in [-0.2, -0.15) is 5.10 Å². The maximum atomic E-state index is 13.5. The fraction of sp³-hybridized carbons (Fsp3) is 0.0909. The summed E-state index contributed by atoms with van der Waals surface area (Å²) in [7, 11) is -2.54. The van der Waals surface area contributed by atoms with Crippen LogP contribution in [0.3, 0.4) is 0 Å². The number of halogens is 1. The van der Waals surface area contributed by atoms with Crippen LogP contribution >= 0.6 is 0 Å². The number of primary sulfonamides is 1. The minimum Gasteiger partial charge on any atom is -0.298 e. The second-order valence-electron chi connectivity index (χ2n) is 3.86. The SMILES string of the molecule is Cn1nc(-c2cccc(F)c2C=O)cc1S(N)(=O)=O. The molecule has 0 saturated carbocycles. The Labute approximate surface area is 108 Å². The summed E-state index contributed by atoms with van der Waals surface area (Å²) in [6.45, 7) is 0. The van der Waals surface area contributed by atoms with Gasteiger partial charge in [0.1, 0.15) is 5.82 Å². The fourth-order valence-corrected chi connectivity index (χ4v) is 2.41. The first-order valence-corrected chi connectivity index (χ1v) is 6.70. The first kappa shape index (κ1) is 13.4. The summed E-state index contributed by atoms with van der Waals surface area (Å²) < 4.78 is 37.1. The lowest BCUT2D eigenvalue weighted by Crippen LogP contribution is -2.16. The Kier molecular flexibility index (Phi) is 3.21. The highest BCUT2D eigenvalue weighted by Gasteiger charge is 2.18. The fourth-order valence-electron chi connectivity index (χ4n) is 1.73. The first-order valence-electron chi connectivity index (χ1n) is 5.15. The third-order valence-corrected chi connectivity index (χ3v) is 3.54. The van der Waals surface area contributed by atoms with Crippen molar-refractivity contribution < 1.29 is 17.6 Å². The summed E-state index contributed by atoms with van der Waals surface area (Å²) in [5, 5.41) is 8.73. The van der Waals surface area contributed by atoms with E-state index in [2.05, 4.69) is 5.10 Å². The second-order valence-corrected chi connectivity index (χ2v) is 5.36. The molecule has 1 aromatic carbocycles. The van der Waals surface area contributed by atoms with E-state index in [4.69, 9.17) is 5.14 Å². The van der Waals surface area contributed by atoms with Crippen LogP contribution in [0, 0.1) is 5.82 Å². The Balaban J connectivity index is 2.68. The van der Waals surface area contributed by atoms with Crippen molar-refractivity contribution in [3.63, 3.8) is 0 Å². The van der Waals surface area contributed by atoms with Gasteiger partial charge in [-0.1, -0.05) is 12.1 Å². The zero-order valence-electron chi connectivity index (χ0n) is 9.87. The number of nitrogens with two attached hydrogens (primary N) is 1. The number of carbonyl (C=O) groups excluding carboxylic acids is 1. The molecule has 0 spiro atoms. The van der Waals surface area contributed by atoms with Crippen molar-refractivity contribution in [1.29, 1.82) is 0 Å². The van der Waals surface area contributed by atoms with Crippen molar-refractivity contribution in [2.24, 2.45) is 12.2 Å². The van der Waals surface area contributed by atoms with Crippen LogP contribution in [-0.2, 0) is 17.1 Å². The molecule has 2 aromatic rings. The van der Waals surface area contributed by atoms with E-state index in [1.54, 1.807) is 0 Å². The summed E-state index contributed by atoms with van der Waals surface area (Å²) in [5.41, 5.74) is 0.190. The largest absolute Gasteiger partial charge is 0.298 e. The molecule has 0 aliphatic rings. The summed E-state index contributed by atoms with van der Waals surface area (Å²) in [6.07, 6.45) is 0.357. The minimum absolute atomic E-state index is 0.160. The zero-order chi connectivity index (χ0) is 14.2. The monoisotopic (exact) mass is 283 g/mol. The number of aldehydes is 1. The molecule has 1 aromatic heterocycles. The molecule has 0 radical (unpaired) electrons. The van der Waals surface area contributed by atoms with Gasteiger partial charge in [-0.3, -0.25) is 9.48 Å². The van der Waals surface area contributed by atoms with E-state index in [-0.39, 0.29) is 21.8 Å². The average molecular weight is 283 g/mol. The second kappa shape index (κ2) is 4.56. The number of rotatable bonds is 3. The lowest BCUT2D eigenvalue weighted by Gasteiger charge is -2.01. The molecular formula is C11H10FN3O3S. The highest BCUT2D eigenvalue weighted by Crippen LogP contribution is 2.25. The standard InChI is InChI=1S/C11H10FN3O3S/c1-15-11(19(13,17)18)5-10(14-15)7-3-2-4-9(12)8(7)6-16/h2-6H,1H3,(H2,13,17,18). The summed E-state index contributed by atoms with van der Waals surface area (Å²) in [4.78, 5) is 10.9. The molecule has 2 rings (SSSR count). The molecule has 0 aliphatic heterocycles. The predicted octanol–water partition coefficient (Wildman–Crippen LogP) is 0.686. The molecule has 0 aliphatic carbocycles. The van der Waals surface area contributed by atoms with Gasteiger partial charge in [-0.05, 0) is 6.07 Å². The molecule has 0 atom stereocenters.